The number of aryl methyl sites for hydroxylation is 1. The van der Waals surface area contributed by atoms with Gasteiger partial charge < -0.3 is 0 Å². The smallest absolute Gasteiger partial charge is 0.264 e. The molecule has 0 aliphatic carbocycles. The van der Waals surface area contributed by atoms with Gasteiger partial charge in [0.1, 0.15) is 10.4 Å². The molecule has 2 aromatic carbocycles. The minimum atomic E-state index is -3.89. The number of nitrogens with zero attached hydrogens (tertiary/aromatic N) is 4. The first-order valence-electron chi connectivity index (χ1n) is 8.38. The third kappa shape index (κ3) is 3.40. The zero-order chi connectivity index (χ0) is 19.9. The van der Waals surface area contributed by atoms with Crippen LogP contribution in [0.3, 0.4) is 0 Å². The molecule has 144 valence electrons. The number of hydrogen-bond acceptors (Lipinski definition) is 6. The average molecular weight is 462 g/mol. The van der Waals surface area contributed by atoms with Crippen molar-refractivity contribution in [2.75, 3.05) is 4.72 Å². The second-order valence-corrected chi connectivity index (χ2v) is 8.89. The second-order valence-electron chi connectivity index (χ2n) is 6.32. The minimum Gasteiger partial charge on any atom is -0.276 e. The number of sulfonamides is 1. The summed E-state index contributed by atoms with van der Waals surface area (Å²) >= 11 is 3.42. The highest BCUT2D eigenvalue weighted by Gasteiger charge is 2.23. The Morgan fingerprint density at radius 2 is 1.86 bits per heavy atom. The quantitative estimate of drug-likeness (QED) is 0.486. The summed E-state index contributed by atoms with van der Waals surface area (Å²) in [6.07, 6.45) is 0. The van der Waals surface area contributed by atoms with Crippen molar-refractivity contribution in [2.45, 2.75) is 25.3 Å². The topological polar surface area (TPSA) is 103 Å². The van der Waals surface area contributed by atoms with E-state index >= 15 is 0 Å². The highest BCUT2D eigenvalue weighted by atomic mass is 79.9. The van der Waals surface area contributed by atoms with E-state index in [1.54, 1.807) is 23.7 Å². The maximum absolute atomic E-state index is 13.0. The fraction of sp³-hybridized carbons (Fsp3) is 0.167. The maximum Gasteiger partial charge on any atom is 0.264 e. The van der Waals surface area contributed by atoms with E-state index < -0.39 is 10.0 Å². The standard InChI is InChI=1S/C18H16BrN5O3S/c1-11-17(12(2)24(20-11)10-13-6-8-14(19)9-7-13)23-28(25,26)16-5-3-4-15-18(16)22-27-21-15/h3-9,23H,10H2,1-2H3. The van der Waals surface area contributed by atoms with Crippen LogP contribution in [0.25, 0.3) is 11.0 Å². The molecule has 0 unspecified atom stereocenters. The first kappa shape index (κ1) is 18.6. The lowest BCUT2D eigenvalue weighted by molar-refractivity contribution is 0.315. The largest absolute Gasteiger partial charge is 0.276 e. The van der Waals surface area contributed by atoms with Gasteiger partial charge in [0.25, 0.3) is 10.0 Å². The number of hydrogen-bond donors (Lipinski definition) is 1. The van der Waals surface area contributed by atoms with Gasteiger partial charge in [-0.2, -0.15) is 5.10 Å². The molecule has 2 heterocycles. The lowest BCUT2D eigenvalue weighted by atomic mass is 10.2. The van der Waals surface area contributed by atoms with Crippen LogP contribution in [0.2, 0.25) is 0 Å². The number of benzene rings is 2. The predicted octanol–water partition coefficient (Wildman–Crippen LogP) is 3.65. The molecular formula is C18H16BrN5O3S. The summed E-state index contributed by atoms with van der Waals surface area (Å²) < 4.78 is 36.0. The van der Waals surface area contributed by atoms with E-state index in [0.717, 1.165) is 15.7 Å². The van der Waals surface area contributed by atoms with Crippen LogP contribution in [0.1, 0.15) is 17.0 Å². The molecule has 0 aliphatic rings. The van der Waals surface area contributed by atoms with Crippen molar-refractivity contribution >= 4 is 42.7 Å². The van der Waals surface area contributed by atoms with Crippen LogP contribution in [-0.2, 0) is 16.6 Å². The van der Waals surface area contributed by atoms with Crippen LogP contribution < -0.4 is 4.72 Å². The van der Waals surface area contributed by atoms with Gasteiger partial charge in [0.05, 0.1) is 23.6 Å². The summed E-state index contributed by atoms with van der Waals surface area (Å²) in [7, 11) is -3.89. The number of rotatable bonds is 5. The summed E-state index contributed by atoms with van der Waals surface area (Å²) in [6, 6.07) is 12.6. The Labute approximate surface area is 169 Å². The van der Waals surface area contributed by atoms with E-state index in [1.807, 2.05) is 31.2 Å². The first-order chi connectivity index (χ1) is 13.3. The van der Waals surface area contributed by atoms with E-state index in [2.05, 4.69) is 40.7 Å². The van der Waals surface area contributed by atoms with Crippen molar-refractivity contribution in [2.24, 2.45) is 0 Å². The molecule has 0 fully saturated rings. The molecule has 2 aromatic heterocycles. The third-order valence-electron chi connectivity index (χ3n) is 4.40. The minimum absolute atomic E-state index is 0.00529. The summed E-state index contributed by atoms with van der Waals surface area (Å²) in [4.78, 5) is 0.00529. The van der Waals surface area contributed by atoms with Gasteiger partial charge >= 0.3 is 0 Å². The summed E-state index contributed by atoms with van der Waals surface area (Å²) in [5.74, 6) is 0. The van der Waals surface area contributed by atoms with Crippen molar-refractivity contribution < 1.29 is 13.0 Å². The van der Waals surface area contributed by atoms with Gasteiger partial charge in [-0.05, 0) is 54.0 Å². The fourth-order valence-corrected chi connectivity index (χ4v) is 4.54. The fourth-order valence-electron chi connectivity index (χ4n) is 2.95. The normalized spacial score (nSPS) is 11.8. The van der Waals surface area contributed by atoms with E-state index in [0.29, 0.717) is 23.4 Å². The van der Waals surface area contributed by atoms with E-state index in [1.165, 1.54) is 6.07 Å². The summed E-state index contributed by atoms with van der Waals surface area (Å²) in [5, 5.41) is 11.9. The van der Waals surface area contributed by atoms with Crippen molar-refractivity contribution in [3.05, 3.63) is 63.9 Å². The van der Waals surface area contributed by atoms with Crippen LogP contribution in [0, 0.1) is 13.8 Å². The van der Waals surface area contributed by atoms with E-state index in [9.17, 15) is 8.42 Å². The van der Waals surface area contributed by atoms with Crippen molar-refractivity contribution in [3.63, 3.8) is 0 Å². The van der Waals surface area contributed by atoms with Crippen LogP contribution in [0.15, 0.2) is 56.5 Å². The third-order valence-corrected chi connectivity index (χ3v) is 6.31. The number of anilines is 1. The molecule has 8 nitrogen and oxygen atoms in total. The molecule has 0 saturated carbocycles. The molecule has 10 heteroatoms. The monoisotopic (exact) mass is 461 g/mol. The van der Waals surface area contributed by atoms with Crippen molar-refractivity contribution in [1.29, 1.82) is 0 Å². The Kier molecular flexibility index (Phi) is 4.68. The van der Waals surface area contributed by atoms with E-state index in [4.69, 9.17) is 0 Å². The SMILES string of the molecule is Cc1nn(Cc2ccc(Br)cc2)c(C)c1NS(=O)(=O)c1cccc2nonc12. The molecular weight excluding hydrogens is 446 g/mol. The predicted molar refractivity (Wildman–Crippen MR) is 108 cm³/mol. The number of nitrogens with one attached hydrogen (secondary N) is 1. The molecule has 4 rings (SSSR count). The lowest BCUT2D eigenvalue weighted by Crippen LogP contribution is -2.15. The summed E-state index contributed by atoms with van der Waals surface area (Å²) in [5.41, 5.74) is 3.38. The van der Waals surface area contributed by atoms with Crippen LogP contribution >= 0.6 is 15.9 Å². The highest BCUT2D eigenvalue weighted by Crippen LogP contribution is 2.27. The molecule has 1 N–H and O–H groups in total. The van der Waals surface area contributed by atoms with E-state index in [-0.39, 0.29) is 10.4 Å². The maximum atomic E-state index is 13.0. The lowest BCUT2D eigenvalue weighted by Gasteiger charge is -2.09. The molecule has 4 aromatic rings. The van der Waals surface area contributed by atoms with Gasteiger partial charge in [0.2, 0.25) is 0 Å². The Balaban J connectivity index is 1.67. The Hall–Kier alpha value is -2.72. The van der Waals surface area contributed by atoms with Crippen molar-refractivity contribution in [3.8, 4) is 0 Å². The number of fused-ring (bicyclic) bond motifs is 1. The second kappa shape index (κ2) is 7.02. The van der Waals surface area contributed by atoms with Gasteiger partial charge in [0, 0.05) is 4.47 Å². The number of aromatic nitrogens is 4. The van der Waals surface area contributed by atoms with Crippen LogP contribution in [0.5, 0.6) is 0 Å². The molecule has 0 amide bonds. The molecule has 0 atom stereocenters. The van der Waals surface area contributed by atoms with Gasteiger partial charge in [-0.1, -0.05) is 34.1 Å². The summed E-state index contributed by atoms with van der Waals surface area (Å²) in [6.45, 7) is 4.13. The average Bonchev–Trinajstić information content (AvgIpc) is 3.24. The molecule has 0 aliphatic heterocycles. The zero-order valence-corrected chi connectivity index (χ0v) is 17.5. The van der Waals surface area contributed by atoms with Gasteiger partial charge in [-0.3, -0.25) is 9.40 Å². The Morgan fingerprint density at radius 3 is 2.61 bits per heavy atom. The van der Waals surface area contributed by atoms with Gasteiger partial charge in [-0.25, -0.2) is 13.0 Å². The zero-order valence-electron chi connectivity index (χ0n) is 15.0. The first-order valence-corrected chi connectivity index (χ1v) is 10.7. The molecule has 0 spiro atoms. The van der Waals surface area contributed by atoms with Gasteiger partial charge in [-0.15, -0.1) is 0 Å². The Morgan fingerprint density at radius 1 is 1.11 bits per heavy atom. The Bertz CT molecular complexity index is 1260. The van der Waals surface area contributed by atoms with Gasteiger partial charge in [0.15, 0.2) is 5.52 Å². The van der Waals surface area contributed by atoms with Crippen LogP contribution in [-0.4, -0.2) is 28.5 Å². The highest BCUT2D eigenvalue weighted by molar-refractivity contribution is 9.10. The molecule has 0 radical (unpaired) electrons. The molecule has 28 heavy (non-hydrogen) atoms. The molecule has 0 bridgehead atoms. The molecule has 0 saturated heterocycles. The van der Waals surface area contributed by atoms with Crippen molar-refractivity contribution in [1.82, 2.24) is 20.1 Å². The van der Waals surface area contributed by atoms with Crippen LogP contribution in [0.4, 0.5) is 5.69 Å². The number of halogens is 1.